The number of guanidine groups is 1. The first kappa shape index (κ1) is 19.0. The number of hydrogen-bond acceptors (Lipinski definition) is 4. The Hall–Kier alpha value is -2.09. The summed E-state index contributed by atoms with van der Waals surface area (Å²) in [5.74, 6) is 1.06. The van der Waals surface area contributed by atoms with E-state index >= 15 is 0 Å². The predicted molar refractivity (Wildman–Crippen MR) is 84.3 cm³/mol. The highest BCUT2D eigenvalue weighted by molar-refractivity contribution is 5.79. The Morgan fingerprint density at radius 1 is 1.30 bits per heavy atom. The first-order valence-electron chi connectivity index (χ1n) is 7.24. The third kappa shape index (κ3) is 7.14. The van der Waals surface area contributed by atoms with Crippen molar-refractivity contribution >= 4 is 5.96 Å². The van der Waals surface area contributed by atoms with Crippen molar-refractivity contribution in [2.24, 2.45) is 4.99 Å². The van der Waals surface area contributed by atoms with E-state index in [1.165, 1.54) is 13.2 Å². The number of rotatable bonds is 9. The van der Waals surface area contributed by atoms with E-state index in [1.807, 2.05) is 6.92 Å². The van der Waals surface area contributed by atoms with Gasteiger partial charge in [0.1, 0.15) is 11.5 Å². The molecule has 0 saturated carbocycles. The molecular formula is C15H23F2N3O3. The van der Waals surface area contributed by atoms with Crippen molar-refractivity contribution in [2.75, 3.05) is 33.9 Å². The van der Waals surface area contributed by atoms with Gasteiger partial charge in [0.15, 0.2) is 5.96 Å². The summed E-state index contributed by atoms with van der Waals surface area (Å²) in [5, 5.41) is 6.09. The Bertz CT molecular complexity index is 499. The second-order valence-corrected chi connectivity index (χ2v) is 4.40. The maximum atomic E-state index is 12.5. The lowest BCUT2D eigenvalue weighted by Crippen LogP contribution is -2.38. The smallest absolute Gasteiger partial charge is 0.387 e. The zero-order valence-corrected chi connectivity index (χ0v) is 13.6. The first-order chi connectivity index (χ1) is 11.1. The van der Waals surface area contributed by atoms with Crippen LogP contribution in [0.4, 0.5) is 8.78 Å². The summed E-state index contributed by atoms with van der Waals surface area (Å²) in [6.07, 6.45) is 0. The quantitative estimate of drug-likeness (QED) is 0.412. The number of aliphatic imine (C=N–C) groups is 1. The molecule has 0 aliphatic rings. The summed E-state index contributed by atoms with van der Waals surface area (Å²) < 4.78 is 39.8. The van der Waals surface area contributed by atoms with Crippen LogP contribution in [0.3, 0.4) is 0 Å². The highest BCUT2D eigenvalue weighted by Gasteiger charge is 2.11. The maximum absolute atomic E-state index is 12.5. The van der Waals surface area contributed by atoms with Crippen molar-refractivity contribution in [1.82, 2.24) is 10.6 Å². The number of nitrogens with one attached hydrogen (secondary N) is 2. The molecule has 0 aromatic heterocycles. The second kappa shape index (κ2) is 10.6. The molecule has 0 atom stereocenters. The number of halogens is 2. The zero-order chi connectivity index (χ0) is 17.1. The zero-order valence-electron chi connectivity index (χ0n) is 13.6. The van der Waals surface area contributed by atoms with Gasteiger partial charge in [-0.25, -0.2) is 0 Å². The van der Waals surface area contributed by atoms with Gasteiger partial charge >= 0.3 is 6.61 Å². The molecule has 0 fully saturated rings. The number of methoxy groups -OCH3 is 1. The van der Waals surface area contributed by atoms with E-state index in [1.54, 1.807) is 19.2 Å². The van der Waals surface area contributed by atoms with E-state index in [0.717, 1.165) is 0 Å². The standard InChI is InChI=1S/C15H23F2N3O3/c1-4-22-8-7-19-15(18-2)20-10-11-5-6-12(21-3)9-13(11)23-14(16)17/h5-6,9,14H,4,7-8,10H2,1-3H3,(H2,18,19,20). The summed E-state index contributed by atoms with van der Waals surface area (Å²) in [4.78, 5) is 4.05. The Morgan fingerprint density at radius 3 is 2.70 bits per heavy atom. The van der Waals surface area contributed by atoms with Crippen LogP contribution < -0.4 is 20.1 Å². The molecule has 0 spiro atoms. The van der Waals surface area contributed by atoms with Crippen LogP contribution in [-0.4, -0.2) is 46.5 Å². The summed E-state index contributed by atoms with van der Waals surface area (Å²) in [6.45, 7) is 1.09. The van der Waals surface area contributed by atoms with Gasteiger partial charge in [0.2, 0.25) is 0 Å². The molecule has 6 nitrogen and oxygen atoms in total. The van der Waals surface area contributed by atoms with Crippen molar-refractivity contribution in [1.29, 1.82) is 0 Å². The SMILES string of the molecule is CCOCCNC(=NC)NCc1ccc(OC)cc1OC(F)F. The minimum absolute atomic E-state index is 0.0663. The van der Waals surface area contributed by atoms with Crippen LogP contribution in [0.2, 0.25) is 0 Å². The van der Waals surface area contributed by atoms with Crippen LogP contribution in [0.25, 0.3) is 0 Å². The lowest BCUT2D eigenvalue weighted by molar-refractivity contribution is -0.0505. The molecule has 0 saturated heterocycles. The normalized spacial score (nSPS) is 11.5. The topological polar surface area (TPSA) is 64.1 Å². The van der Waals surface area contributed by atoms with E-state index in [9.17, 15) is 8.78 Å². The van der Waals surface area contributed by atoms with Crippen LogP contribution >= 0.6 is 0 Å². The van der Waals surface area contributed by atoms with Gasteiger partial charge in [0, 0.05) is 38.4 Å². The summed E-state index contributed by atoms with van der Waals surface area (Å²) >= 11 is 0. The predicted octanol–water partition coefficient (Wildman–Crippen LogP) is 2.00. The monoisotopic (exact) mass is 331 g/mol. The molecule has 130 valence electrons. The minimum atomic E-state index is -2.90. The molecule has 1 aromatic carbocycles. The summed E-state index contributed by atoms with van der Waals surface area (Å²) in [6, 6.07) is 4.77. The molecule has 0 aliphatic heterocycles. The molecule has 2 N–H and O–H groups in total. The van der Waals surface area contributed by atoms with Crippen molar-refractivity contribution in [3.05, 3.63) is 23.8 Å². The molecule has 0 heterocycles. The fourth-order valence-electron chi connectivity index (χ4n) is 1.80. The molecule has 0 aliphatic carbocycles. The number of ether oxygens (including phenoxy) is 3. The highest BCUT2D eigenvalue weighted by atomic mass is 19.3. The van der Waals surface area contributed by atoms with E-state index in [-0.39, 0.29) is 12.3 Å². The Balaban J connectivity index is 2.64. The second-order valence-electron chi connectivity index (χ2n) is 4.40. The Morgan fingerprint density at radius 2 is 2.09 bits per heavy atom. The van der Waals surface area contributed by atoms with Crippen LogP contribution in [-0.2, 0) is 11.3 Å². The average Bonchev–Trinajstić information content (AvgIpc) is 2.54. The van der Waals surface area contributed by atoms with Gasteiger partial charge in [0.05, 0.1) is 13.7 Å². The number of alkyl halides is 2. The molecule has 0 radical (unpaired) electrons. The van der Waals surface area contributed by atoms with Gasteiger partial charge in [-0.3, -0.25) is 4.99 Å². The molecular weight excluding hydrogens is 308 g/mol. The largest absolute Gasteiger partial charge is 0.497 e. The summed E-state index contributed by atoms with van der Waals surface area (Å²) in [5.41, 5.74) is 0.568. The fourth-order valence-corrected chi connectivity index (χ4v) is 1.80. The van der Waals surface area contributed by atoms with Crippen LogP contribution in [0, 0.1) is 0 Å². The molecule has 23 heavy (non-hydrogen) atoms. The van der Waals surface area contributed by atoms with Gasteiger partial charge in [-0.2, -0.15) is 8.78 Å². The lowest BCUT2D eigenvalue weighted by atomic mass is 10.2. The average molecular weight is 331 g/mol. The fraction of sp³-hybridized carbons (Fsp3) is 0.533. The van der Waals surface area contributed by atoms with E-state index in [2.05, 4.69) is 20.4 Å². The van der Waals surface area contributed by atoms with Gasteiger partial charge in [0.25, 0.3) is 0 Å². The van der Waals surface area contributed by atoms with E-state index in [0.29, 0.717) is 37.0 Å². The molecule has 1 rings (SSSR count). The van der Waals surface area contributed by atoms with Crippen molar-refractivity contribution < 1.29 is 23.0 Å². The molecule has 0 amide bonds. The third-order valence-electron chi connectivity index (χ3n) is 2.90. The minimum Gasteiger partial charge on any atom is -0.497 e. The Kier molecular flexibility index (Phi) is 8.74. The van der Waals surface area contributed by atoms with E-state index in [4.69, 9.17) is 9.47 Å². The lowest BCUT2D eigenvalue weighted by Gasteiger charge is -2.15. The molecule has 0 bridgehead atoms. The van der Waals surface area contributed by atoms with Crippen molar-refractivity contribution in [2.45, 2.75) is 20.1 Å². The molecule has 0 unspecified atom stereocenters. The van der Waals surface area contributed by atoms with Gasteiger partial charge in [-0.15, -0.1) is 0 Å². The van der Waals surface area contributed by atoms with Gasteiger partial charge < -0.3 is 24.8 Å². The van der Waals surface area contributed by atoms with Crippen LogP contribution in [0.15, 0.2) is 23.2 Å². The van der Waals surface area contributed by atoms with E-state index < -0.39 is 6.61 Å². The maximum Gasteiger partial charge on any atom is 0.387 e. The molecule has 1 aromatic rings. The number of nitrogens with zero attached hydrogens (tertiary/aromatic N) is 1. The highest BCUT2D eigenvalue weighted by Crippen LogP contribution is 2.26. The van der Waals surface area contributed by atoms with Gasteiger partial charge in [-0.1, -0.05) is 0 Å². The van der Waals surface area contributed by atoms with Crippen molar-refractivity contribution in [3.63, 3.8) is 0 Å². The van der Waals surface area contributed by atoms with Gasteiger partial charge in [-0.05, 0) is 19.1 Å². The summed E-state index contributed by atoms with van der Waals surface area (Å²) in [7, 11) is 3.09. The number of benzene rings is 1. The Labute approximate surface area is 134 Å². The first-order valence-corrected chi connectivity index (χ1v) is 7.24. The van der Waals surface area contributed by atoms with Crippen molar-refractivity contribution in [3.8, 4) is 11.5 Å². The molecule has 8 heteroatoms. The number of hydrogen-bond donors (Lipinski definition) is 2. The van der Waals surface area contributed by atoms with Crippen LogP contribution in [0.1, 0.15) is 12.5 Å². The third-order valence-corrected chi connectivity index (χ3v) is 2.90. The van der Waals surface area contributed by atoms with Crippen LogP contribution in [0.5, 0.6) is 11.5 Å².